The maximum Gasteiger partial charge on any atom is 0.314 e. The zero-order valence-corrected chi connectivity index (χ0v) is 7.49. The van der Waals surface area contributed by atoms with E-state index >= 15 is 0 Å². The molecule has 2 rings (SSSR count). The minimum Gasteiger partial charge on any atom is -0.502 e. The minimum atomic E-state index is -0.514. The molecule has 0 bridgehead atoms. The van der Waals surface area contributed by atoms with Crippen LogP contribution in [-0.2, 0) is 13.0 Å². The van der Waals surface area contributed by atoms with Crippen molar-refractivity contribution in [2.75, 3.05) is 6.54 Å². The number of nitrogens with zero attached hydrogens (tertiary/aromatic N) is 1. The number of aromatic hydroxyl groups is 1. The largest absolute Gasteiger partial charge is 0.502 e. The van der Waals surface area contributed by atoms with E-state index in [1.54, 1.807) is 6.07 Å². The van der Waals surface area contributed by atoms with Gasteiger partial charge in [-0.25, -0.2) is 0 Å². The van der Waals surface area contributed by atoms with E-state index in [0.717, 1.165) is 12.1 Å². The Kier molecular flexibility index (Phi) is 2.09. The summed E-state index contributed by atoms with van der Waals surface area (Å²) in [7, 11) is 0. The Labute approximate surface area is 80.5 Å². The van der Waals surface area contributed by atoms with Crippen LogP contribution in [-0.4, -0.2) is 16.6 Å². The van der Waals surface area contributed by atoms with Crippen LogP contribution >= 0.6 is 0 Å². The van der Waals surface area contributed by atoms with E-state index in [2.05, 4.69) is 5.32 Å². The normalized spacial score (nSPS) is 14.9. The second kappa shape index (κ2) is 3.26. The second-order valence-electron chi connectivity index (χ2n) is 3.25. The Bertz CT molecular complexity index is 390. The van der Waals surface area contributed by atoms with Crippen molar-refractivity contribution in [1.82, 2.24) is 5.32 Å². The predicted octanol–water partition coefficient (Wildman–Crippen LogP) is 0.946. The lowest BCUT2D eigenvalue weighted by atomic mass is 9.99. The Morgan fingerprint density at radius 1 is 1.50 bits per heavy atom. The first-order chi connectivity index (χ1) is 6.70. The number of fused-ring (bicyclic) bond motifs is 1. The van der Waals surface area contributed by atoms with Gasteiger partial charge in [-0.05, 0) is 24.6 Å². The molecular weight excluding hydrogens is 184 g/mol. The summed E-state index contributed by atoms with van der Waals surface area (Å²) in [6, 6.07) is 3.10. The Balaban J connectivity index is 2.60. The SMILES string of the molecule is O=[N+]([O-])c1c(O)ccc2c1CCNC2. The first-order valence-electron chi connectivity index (χ1n) is 4.39. The van der Waals surface area contributed by atoms with Crippen molar-refractivity contribution in [3.63, 3.8) is 0 Å². The number of rotatable bonds is 1. The predicted molar refractivity (Wildman–Crippen MR) is 50.2 cm³/mol. The van der Waals surface area contributed by atoms with Crippen molar-refractivity contribution in [3.05, 3.63) is 33.4 Å². The van der Waals surface area contributed by atoms with Gasteiger partial charge in [-0.2, -0.15) is 0 Å². The summed E-state index contributed by atoms with van der Waals surface area (Å²) in [6.07, 6.45) is 0.597. The van der Waals surface area contributed by atoms with Crippen molar-refractivity contribution >= 4 is 5.69 Å². The first kappa shape index (κ1) is 8.96. The number of hydrogen-bond donors (Lipinski definition) is 2. The lowest BCUT2D eigenvalue weighted by Crippen LogP contribution is -2.24. The van der Waals surface area contributed by atoms with Crippen LogP contribution < -0.4 is 5.32 Å². The second-order valence-corrected chi connectivity index (χ2v) is 3.25. The third-order valence-corrected chi connectivity index (χ3v) is 2.41. The highest BCUT2D eigenvalue weighted by atomic mass is 16.6. The summed E-state index contributed by atoms with van der Waals surface area (Å²) in [5.74, 6) is -0.240. The average molecular weight is 194 g/mol. The van der Waals surface area contributed by atoms with E-state index < -0.39 is 4.92 Å². The quantitative estimate of drug-likeness (QED) is 0.515. The standard InChI is InChI=1S/C9H10N2O3/c12-8-2-1-6-5-10-4-3-7(6)9(8)11(13)14/h1-2,10,12H,3-5H2. The van der Waals surface area contributed by atoms with Crippen molar-refractivity contribution in [2.45, 2.75) is 13.0 Å². The fourth-order valence-corrected chi connectivity index (χ4v) is 1.75. The molecular formula is C9H10N2O3. The molecule has 0 aromatic heterocycles. The number of nitrogens with one attached hydrogen (secondary N) is 1. The lowest BCUT2D eigenvalue weighted by Gasteiger charge is -2.16. The summed E-state index contributed by atoms with van der Waals surface area (Å²) < 4.78 is 0. The summed E-state index contributed by atoms with van der Waals surface area (Å²) in [5.41, 5.74) is 1.43. The van der Waals surface area contributed by atoms with Gasteiger partial charge in [0.05, 0.1) is 4.92 Å². The van der Waals surface area contributed by atoms with Crippen molar-refractivity contribution in [2.24, 2.45) is 0 Å². The molecule has 1 aromatic rings. The maximum atomic E-state index is 10.7. The highest BCUT2D eigenvalue weighted by molar-refractivity contribution is 5.56. The molecule has 5 nitrogen and oxygen atoms in total. The van der Waals surface area contributed by atoms with E-state index in [1.807, 2.05) is 0 Å². The van der Waals surface area contributed by atoms with E-state index in [1.165, 1.54) is 6.07 Å². The molecule has 0 fully saturated rings. The van der Waals surface area contributed by atoms with Crippen LogP contribution in [0.5, 0.6) is 5.75 Å². The van der Waals surface area contributed by atoms with Gasteiger partial charge in [0.15, 0.2) is 5.75 Å². The third-order valence-electron chi connectivity index (χ3n) is 2.41. The van der Waals surface area contributed by atoms with Gasteiger partial charge in [-0.1, -0.05) is 6.07 Å². The van der Waals surface area contributed by atoms with Gasteiger partial charge in [0.25, 0.3) is 0 Å². The molecule has 0 saturated carbocycles. The van der Waals surface area contributed by atoms with Crippen LogP contribution in [0.25, 0.3) is 0 Å². The van der Waals surface area contributed by atoms with Crippen LogP contribution in [0.4, 0.5) is 5.69 Å². The van der Waals surface area contributed by atoms with Crippen LogP contribution in [0.2, 0.25) is 0 Å². The lowest BCUT2D eigenvalue weighted by molar-refractivity contribution is -0.386. The van der Waals surface area contributed by atoms with Crippen LogP contribution in [0, 0.1) is 10.1 Å². The van der Waals surface area contributed by atoms with Gasteiger partial charge >= 0.3 is 5.69 Å². The summed E-state index contributed by atoms with van der Waals surface area (Å²) in [5, 5.41) is 23.2. The van der Waals surface area contributed by atoms with E-state index in [0.29, 0.717) is 18.5 Å². The number of benzene rings is 1. The van der Waals surface area contributed by atoms with E-state index in [9.17, 15) is 15.2 Å². The fourth-order valence-electron chi connectivity index (χ4n) is 1.75. The monoisotopic (exact) mass is 194 g/mol. The molecule has 1 aliphatic heterocycles. The molecule has 0 radical (unpaired) electrons. The topological polar surface area (TPSA) is 75.4 Å². The molecule has 2 N–H and O–H groups in total. The van der Waals surface area contributed by atoms with Gasteiger partial charge in [0.1, 0.15) is 0 Å². The van der Waals surface area contributed by atoms with Crippen LogP contribution in [0.15, 0.2) is 12.1 Å². The van der Waals surface area contributed by atoms with Gasteiger partial charge in [-0.3, -0.25) is 10.1 Å². The third kappa shape index (κ3) is 1.31. The molecule has 1 aliphatic rings. The van der Waals surface area contributed by atoms with Crippen molar-refractivity contribution in [3.8, 4) is 5.75 Å². The summed E-state index contributed by atoms with van der Waals surface area (Å²) in [4.78, 5) is 10.2. The summed E-state index contributed by atoms with van der Waals surface area (Å²) in [6.45, 7) is 1.35. The number of phenolic OH excluding ortho intramolecular Hbond substituents is 1. The molecule has 0 atom stereocenters. The molecule has 0 aliphatic carbocycles. The number of phenols is 1. The van der Waals surface area contributed by atoms with E-state index in [-0.39, 0.29) is 11.4 Å². The van der Waals surface area contributed by atoms with Gasteiger partial charge in [0.2, 0.25) is 0 Å². The van der Waals surface area contributed by atoms with E-state index in [4.69, 9.17) is 0 Å². The molecule has 0 spiro atoms. The highest BCUT2D eigenvalue weighted by Crippen LogP contribution is 2.33. The van der Waals surface area contributed by atoms with Gasteiger partial charge in [-0.15, -0.1) is 0 Å². The Morgan fingerprint density at radius 3 is 3.00 bits per heavy atom. The van der Waals surface area contributed by atoms with Crippen LogP contribution in [0.1, 0.15) is 11.1 Å². The number of hydrogen-bond acceptors (Lipinski definition) is 4. The fraction of sp³-hybridized carbons (Fsp3) is 0.333. The molecule has 14 heavy (non-hydrogen) atoms. The van der Waals surface area contributed by atoms with Crippen molar-refractivity contribution < 1.29 is 10.0 Å². The Morgan fingerprint density at radius 2 is 2.29 bits per heavy atom. The minimum absolute atomic E-state index is 0.135. The molecule has 74 valence electrons. The molecule has 0 unspecified atom stereocenters. The smallest absolute Gasteiger partial charge is 0.314 e. The zero-order chi connectivity index (χ0) is 10.1. The zero-order valence-electron chi connectivity index (χ0n) is 7.49. The molecule has 1 heterocycles. The Hall–Kier alpha value is -1.62. The molecule has 5 heteroatoms. The van der Waals surface area contributed by atoms with Gasteiger partial charge < -0.3 is 10.4 Å². The molecule has 0 amide bonds. The first-order valence-corrected chi connectivity index (χ1v) is 4.39. The highest BCUT2D eigenvalue weighted by Gasteiger charge is 2.24. The molecule has 0 saturated heterocycles. The average Bonchev–Trinajstić information content (AvgIpc) is 2.17. The molecule has 1 aromatic carbocycles. The summed E-state index contributed by atoms with van der Waals surface area (Å²) >= 11 is 0. The maximum absolute atomic E-state index is 10.7. The number of nitro groups is 1. The van der Waals surface area contributed by atoms with Gasteiger partial charge in [0, 0.05) is 12.1 Å². The van der Waals surface area contributed by atoms with Crippen molar-refractivity contribution in [1.29, 1.82) is 0 Å². The van der Waals surface area contributed by atoms with Crippen LogP contribution in [0.3, 0.4) is 0 Å². The number of nitro benzene ring substituents is 1.